The smallest absolute Gasteiger partial charge is 0.310 e. The van der Waals surface area contributed by atoms with Gasteiger partial charge in [0.25, 0.3) is 5.91 Å². The topological polar surface area (TPSA) is 57.5 Å². The number of hydrogen-bond donors (Lipinski definition) is 0. The van der Waals surface area contributed by atoms with Crippen LogP contribution in [0.3, 0.4) is 0 Å². The zero-order chi connectivity index (χ0) is 26.0. The van der Waals surface area contributed by atoms with E-state index in [1.807, 2.05) is 0 Å². The van der Waals surface area contributed by atoms with Gasteiger partial charge in [-0.05, 0) is 87.9 Å². The van der Waals surface area contributed by atoms with E-state index in [4.69, 9.17) is 46.7 Å². The number of amides is 1. The lowest BCUT2D eigenvalue weighted by molar-refractivity contribution is -0.143. The van der Waals surface area contributed by atoms with Crippen molar-refractivity contribution >= 4 is 69.5 Å². The van der Waals surface area contributed by atoms with E-state index in [1.54, 1.807) is 55.1 Å². The molecule has 2 fully saturated rings. The SMILES string of the molecule is [C-]#[N+]c1ccc(N2C(=O)C(C)(C)N(c3ccc(Cl)c(CC(=O)OCCN4CCCC4)c3)C2=S)cc1Cl. The van der Waals surface area contributed by atoms with Gasteiger partial charge in [0.15, 0.2) is 5.11 Å². The molecule has 0 aromatic heterocycles. The van der Waals surface area contributed by atoms with Crippen LogP contribution in [0.5, 0.6) is 0 Å². The van der Waals surface area contributed by atoms with E-state index in [1.165, 1.54) is 17.7 Å². The maximum atomic E-state index is 13.4. The third-order valence-corrected chi connectivity index (χ3v) is 7.51. The van der Waals surface area contributed by atoms with Crippen molar-refractivity contribution in [2.45, 2.75) is 38.6 Å². The summed E-state index contributed by atoms with van der Waals surface area (Å²) in [5.74, 6) is -0.597. The molecule has 1 amide bonds. The van der Waals surface area contributed by atoms with Gasteiger partial charge in [0, 0.05) is 22.3 Å². The van der Waals surface area contributed by atoms with Crippen LogP contribution in [0.4, 0.5) is 17.1 Å². The van der Waals surface area contributed by atoms with E-state index in [-0.39, 0.29) is 28.4 Å². The molecule has 0 saturated carbocycles. The van der Waals surface area contributed by atoms with Gasteiger partial charge in [-0.1, -0.05) is 29.3 Å². The maximum absolute atomic E-state index is 13.4. The number of benzene rings is 2. The average molecular weight is 545 g/mol. The minimum absolute atomic E-state index is 0.0130. The van der Waals surface area contributed by atoms with Crippen molar-refractivity contribution in [2.75, 3.05) is 36.0 Å². The van der Waals surface area contributed by atoms with Crippen molar-refractivity contribution in [1.29, 1.82) is 0 Å². The Hall–Kier alpha value is -2.70. The molecule has 0 spiro atoms. The number of halogens is 2. The van der Waals surface area contributed by atoms with Gasteiger partial charge in [0.1, 0.15) is 12.1 Å². The Morgan fingerprint density at radius 1 is 1.11 bits per heavy atom. The number of thiocarbonyl (C=S) groups is 1. The quantitative estimate of drug-likeness (QED) is 0.255. The number of ether oxygens (including phenoxy) is 1. The van der Waals surface area contributed by atoms with Gasteiger partial charge in [-0.25, -0.2) is 4.85 Å². The van der Waals surface area contributed by atoms with Crippen molar-refractivity contribution in [2.24, 2.45) is 0 Å². The summed E-state index contributed by atoms with van der Waals surface area (Å²) in [6.07, 6.45) is 2.38. The summed E-state index contributed by atoms with van der Waals surface area (Å²) < 4.78 is 5.44. The Labute approximate surface area is 226 Å². The Morgan fingerprint density at radius 3 is 2.47 bits per heavy atom. The van der Waals surface area contributed by atoms with Gasteiger partial charge in [-0.3, -0.25) is 19.4 Å². The van der Waals surface area contributed by atoms with Crippen LogP contribution in [0.25, 0.3) is 4.85 Å². The van der Waals surface area contributed by atoms with Crippen LogP contribution < -0.4 is 9.80 Å². The first-order valence-electron chi connectivity index (χ1n) is 11.7. The van der Waals surface area contributed by atoms with E-state index in [0.717, 1.165) is 19.6 Å². The lowest BCUT2D eigenvalue weighted by Crippen LogP contribution is -2.44. The summed E-state index contributed by atoms with van der Waals surface area (Å²) in [5, 5.41) is 0.937. The molecule has 4 rings (SSSR count). The van der Waals surface area contributed by atoms with E-state index in [9.17, 15) is 9.59 Å². The van der Waals surface area contributed by atoms with E-state index in [2.05, 4.69) is 9.74 Å². The molecular formula is C26H26Cl2N4O3S. The molecule has 10 heteroatoms. The lowest BCUT2D eigenvalue weighted by atomic mass is 10.0. The summed E-state index contributed by atoms with van der Waals surface area (Å²) in [6.45, 7) is 13.9. The van der Waals surface area contributed by atoms with E-state index >= 15 is 0 Å². The third-order valence-electron chi connectivity index (χ3n) is 6.47. The number of rotatable bonds is 7. The molecule has 2 aliphatic heterocycles. The fourth-order valence-corrected chi connectivity index (χ4v) is 5.44. The normalized spacial score (nSPS) is 17.5. The van der Waals surface area contributed by atoms with Gasteiger partial charge >= 0.3 is 5.97 Å². The Morgan fingerprint density at radius 2 is 1.81 bits per heavy atom. The zero-order valence-corrected chi connectivity index (χ0v) is 22.4. The summed E-state index contributed by atoms with van der Waals surface area (Å²) in [6, 6.07) is 10.00. The number of nitrogens with zero attached hydrogens (tertiary/aromatic N) is 4. The minimum Gasteiger partial charge on any atom is -0.464 e. The van der Waals surface area contributed by atoms with Gasteiger partial charge in [-0.15, -0.1) is 0 Å². The van der Waals surface area contributed by atoms with Crippen molar-refractivity contribution < 1.29 is 14.3 Å². The van der Waals surface area contributed by atoms with Crippen LogP contribution in [-0.4, -0.2) is 53.7 Å². The average Bonchev–Trinajstić information content (AvgIpc) is 3.40. The van der Waals surface area contributed by atoms with Crippen molar-refractivity contribution in [3.63, 3.8) is 0 Å². The lowest BCUT2D eigenvalue weighted by Gasteiger charge is -2.30. The van der Waals surface area contributed by atoms with Crippen LogP contribution in [0.2, 0.25) is 10.0 Å². The zero-order valence-electron chi connectivity index (χ0n) is 20.1. The van der Waals surface area contributed by atoms with Crippen molar-refractivity contribution in [3.8, 4) is 0 Å². The molecule has 7 nitrogen and oxygen atoms in total. The van der Waals surface area contributed by atoms with Gasteiger partial charge in [-0.2, -0.15) is 0 Å². The van der Waals surface area contributed by atoms with E-state index < -0.39 is 5.54 Å². The molecule has 2 saturated heterocycles. The second-order valence-electron chi connectivity index (χ2n) is 9.29. The summed E-state index contributed by atoms with van der Waals surface area (Å²) in [5.41, 5.74) is 0.990. The Bertz CT molecular complexity index is 1250. The second kappa shape index (κ2) is 10.7. The molecule has 0 aliphatic carbocycles. The van der Waals surface area contributed by atoms with Crippen LogP contribution in [0.15, 0.2) is 36.4 Å². The van der Waals surface area contributed by atoms with Crippen LogP contribution in [0, 0.1) is 6.57 Å². The van der Waals surface area contributed by atoms with Crippen LogP contribution in [0.1, 0.15) is 32.3 Å². The highest BCUT2D eigenvalue weighted by Crippen LogP contribution is 2.39. The first-order chi connectivity index (χ1) is 17.1. The molecular weight excluding hydrogens is 519 g/mol. The Balaban J connectivity index is 1.53. The summed E-state index contributed by atoms with van der Waals surface area (Å²) in [7, 11) is 0. The minimum atomic E-state index is -1.01. The highest BCUT2D eigenvalue weighted by atomic mass is 35.5. The molecule has 0 N–H and O–H groups in total. The van der Waals surface area contributed by atoms with Gasteiger partial charge < -0.3 is 9.64 Å². The van der Waals surface area contributed by atoms with Crippen molar-refractivity contribution in [1.82, 2.24) is 4.90 Å². The number of carbonyl (C=O) groups is 2. The molecule has 36 heavy (non-hydrogen) atoms. The number of hydrogen-bond acceptors (Lipinski definition) is 5. The predicted molar refractivity (Wildman–Crippen MR) is 146 cm³/mol. The van der Waals surface area contributed by atoms with Crippen LogP contribution >= 0.6 is 35.4 Å². The molecule has 0 radical (unpaired) electrons. The largest absolute Gasteiger partial charge is 0.464 e. The molecule has 2 aliphatic rings. The molecule has 2 aromatic carbocycles. The number of likely N-dealkylation sites (tertiary alicyclic amines) is 1. The highest BCUT2D eigenvalue weighted by molar-refractivity contribution is 7.81. The second-order valence-corrected chi connectivity index (χ2v) is 10.5. The molecule has 2 heterocycles. The molecule has 0 unspecified atom stereocenters. The first kappa shape index (κ1) is 26.4. The maximum Gasteiger partial charge on any atom is 0.310 e. The standard InChI is InChI=1S/C26H26Cl2N4O3S/c1-26(2)24(34)31(18-7-9-22(29-3)21(28)16-18)25(36)32(26)19-6-8-20(27)17(14-19)15-23(33)35-13-12-30-10-4-5-11-30/h6-9,14,16H,4-5,10-13,15H2,1-2H3. The predicted octanol–water partition coefficient (Wildman–Crippen LogP) is 5.64. The van der Waals surface area contributed by atoms with Crippen LogP contribution in [-0.2, 0) is 20.7 Å². The number of carbonyl (C=O) groups excluding carboxylic acids is 2. The number of anilines is 2. The van der Waals surface area contributed by atoms with Gasteiger partial charge in [0.2, 0.25) is 5.69 Å². The fourth-order valence-electron chi connectivity index (χ4n) is 4.52. The first-order valence-corrected chi connectivity index (χ1v) is 12.8. The fraction of sp³-hybridized carbons (Fsp3) is 0.385. The van der Waals surface area contributed by atoms with Crippen molar-refractivity contribution in [3.05, 3.63) is 63.4 Å². The molecule has 188 valence electrons. The molecule has 0 atom stereocenters. The molecule has 0 bridgehead atoms. The number of esters is 1. The third kappa shape index (κ3) is 5.21. The monoisotopic (exact) mass is 544 g/mol. The van der Waals surface area contributed by atoms with Gasteiger partial charge in [0.05, 0.1) is 18.7 Å². The summed E-state index contributed by atoms with van der Waals surface area (Å²) >= 11 is 18.4. The van der Waals surface area contributed by atoms with E-state index in [0.29, 0.717) is 34.3 Å². The molecule has 2 aromatic rings. The summed E-state index contributed by atoms with van der Waals surface area (Å²) in [4.78, 5) is 34.7. The Kier molecular flexibility index (Phi) is 7.86. The highest BCUT2D eigenvalue weighted by Gasteiger charge is 2.50.